The van der Waals surface area contributed by atoms with Crippen LogP contribution in [0, 0.1) is 6.92 Å². The molecule has 1 aliphatic rings. The first kappa shape index (κ1) is 8.62. The molecule has 1 fully saturated rings. The summed E-state index contributed by atoms with van der Waals surface area (Å²) in [6, 6.07) is 0. The van der Waals surface area contributed by atoms with Gasteiger partial charge in [0.05, 0.1) is 0 Å². The second-order valence-corrected chi connectivity index (χ2v) is 3.43. The molecule has 2 rings (SSSR count). The minimum Gasteiger partial charge on any atom is -0.382 e. The molecule has 13 heavy (non-hydrogen) atoms. The van der Waals surface area contributed by atoms with Crippen LogP contribution in [0.15, 0.2) is 0 Å². The van der Waals surface area contributed by atoms with Gasteiger partial charge in [-0.3, -0.25) is 0 Å². The van der Waals surface area contributed by atoms with Crippen LogP contribution in [0.3, 0.4) is 0 Å². The third-order valence-corrected chi connectivity index (χ3v) is 2.29. The van der Waals surface area contributed by atoms with Gasteiger partial charge in [-0.15, -0.1) is 0 Å². The average Bonchev–Trinajstić information content (AvgIpc) is 2.63. The van der Waals surface area contributed by atoms with Crippen LogP contribution in [0.4, 0.5) is 8.78 Å². The maximum atomic E-state index is 12.3. The first-order valence-corrected chi connectivity index (χ1v) is 4.10. The summed E-state index contributed by atoms with van der Waals surface area (Å²) in [7, 11) is 0. The molecule has 0 aliphatic heterocycles. The number of imidazole rings is 1. The van der Waals surface area contributed by atoms with Crippen molar-refractivity contribution in [2.75, 3.05) is 0 Å². The third kappa shape index (κ3) is 1.33. The minimum absolute atomic E-state index is 0.254. The number of hydrogen-bond donors (Lipinski definition) is 2. The lowest BCUT2D eigenvalue weighted by atomic mass is 10.3. The van der Waals surface area contributed by atoms with Crippen molar-refractivity contribution >= 4 is 0 Å². The van der Waals surface area contributed by atoms with Crippen molar-refractivity contribution < 1.29 is 13.9 Å². The van der Waals surface area contributed by atoms with E-state index in [4.69, 9.17) is 0 Å². The number of aromatic nitrogens is 2. The van der Waals surface area contributed by atoms with E-state index in [0.717, 1.165) is 0 Å². The standard InChI is InChI=1S/C8H10F2N2O/c1-4-5(6(9)10)12-7(11-4)8(13)2-3-8/h6,13H,2-3H2,1H3,(H,11,12). The van der Waals surface area contributed by atoms with Crippen LogP contribution < -0.4 is 0 Å². The highest BCUT2D eigenvalue weighted by Crippen LogP contribution is 2.44. The van der Waals surface area contributed by atoms with Gasteiger partial charge in [0.15, 0.2) is 0 Å². The Bertz CT molecular complexity index is 331. The molecule has 0 bridgehead atoms. The predicted octanol–water partition coefficient (Wildman–Crippen LogP) is 1.64. The SMILES string of the molecule is Cc1[nH]c(C2(O)CC2)nc1C(F)F. The summed E-state index contributed by atoms with van der Waals surface area (Å²) in [5, 5.41) is 9.58. The van der Waals surface area contributed by atoms with E-state index < -0.39 is 12.0 Å². The van der Waals surface area contributed by atoms with Gasteiger partial charge in [-0.2, -0.15) is 0 Å². The number of rotatable bonds is 2. The molecular weight excluding hydrogens is 178 g/mol. The molecule has 1 aromatic rings. The maximum Gasteiger partial charge on any atom is 0.282 e. The second-order valence-electron chi connectivity index (χ2n) is 3.43. The summed E-state index contributed by atoms with van der Waals surface area (Å²) in [6.07, 6.45) is -1.38. The molecular formula is C8H10F2N2O. The lowest BCUT2D eigenvalue weighted by Gasteiger charge is -2.00. The largest absolute Gasteiger partial charge is 0.382 e. The normalized spacial score (nSPS) is 19.5. The minimum atomic E-state index is -2.58. The summed E-state index contributed by atoms with van der Waals surface area (Å²) >= 11 is 0. The number of hydrogen-bond acceptors (Lipinski definition) is 2. The van der Waals surface area contributed by atoms with E-state index in [1.54, 1.807) is 0 Å². The second kappa shape index (κ2) is 2.51. The first-order valence-electron chi connectivity index (χ1n) is 4.10. The molecule has 1 heterocycles. The van der Waals surface area contributed by atoms with E-state index in [2.05, 4.69) is 9.97 Å². The summed E-state index contributed by atoms with van der Waals surface area (Å²) in [5.41, 5.74) is -0.876. The first-order chi connectivity index (χ1) is 6.03. The lowest BCUT2D eigenvalue weighted by Crippen LogP contribution is -2.06. The number of aryl methyl sites for hydroxylation is 1. The molecule has 1 saturated carbocycles. The van der Waals surface area contributed by atoms with Crippen LogP contribution in [-0.4, -0.2) is 15.1 Å². The molecule has 0 amide bonds. The number of aliphatic hydroxyl groups is 1. The molecule has 1 aliphatic carbocycles. The quantitative estimate of drug-likeness (QED) is 0.741. The Kier molecular flexibility index (Phi) is 1.66. The Balaban J connectivity index is 2.35. The van der Waals surface area contributed by atoms with E-state index in [9.17, 15) is 13.9 Å². The number of nitrogens with zero attached hydrogens (tertiary/aromatic N) is 1. The van der Waals surface area contributed by atoms with E-state index in [0.29, 0.717) is 18.5 Å². The summed E-state index contributed by atoms with van der Waals surface area (Å²) < 4.78 is 24.6. The highest BCUT2D eigenvalue weighted by Gasteiger charge is 2.45. The Morgan fingerprint density at radius 3 is 2.54 bits per heavy atom. The van der Waals surface area contributed by atoms with E-state index in [-0.39, 0.29) is 11.5 Å². The summed E-state index contributed by atoms with van der Waals surface area (Å²) in [4.78, 5) is 6.37. The van der Waals surface area contributed by atoms with E-state index in [1.807, 2.05) is 0 Å². The van der Waals surface area contributed by atoms with Gasteiger partial charge >= 0.3 is 0 Å². The number of aromatic amines is 1. The van der Waals surface area contributed by atoms with Gasteiger partial charge in [0.25, 0.3) is 6.43 Å². The molecule has 1 aromatic heterocycles. The van der Waals surface area contributed by atoms with Gasteiger partial charge < -0.3 is 10.1 Å². The van der Waals surface area contributed by atoms with E-state index >= 15 is 0 Å². The Hall–Kier alpha value is -0.970. The smallest absolute Gasteiger partial charge is 0.282 e. The van der Waals surface area contributed by atoms with Gasteiger partial charge in [0, 0.05) is 5.69 Å². The molecule has 0 unspecified atom stereocenters. The van der Waals surface area contributed by atoms with Crippen molar-refractivity contribution in [2.45, 2.75) is 31.8 Å². The fourth-order valence-electron chi connectivity index (χ4n) is 1.26. The number of halogens is 2. The molecule has 0 radical (unpaired) electrons. The summed E-state index contributed by atoms with van der Waals surface area (Å²) in [6.45, 7) is 1.53. The molecule has 2 N–H and O–H groups in total. The highest BCUT2D eigenvalue weighted by molar-refractivity contribution is 5.21. The lowest BCUT2D eigenvalue weighted by molar-refractivity contribution is 0.135. The third-order valence-electron chi connectivity index (χ3n) is 2.29. The van der Waals surface area contributed by atoms with Crippen LogP contribution >= 0.6 is 0 Å². The molecule has 0 saturated heterocycles. The predicted molar refractivity (Wildman–Crippen MR) is 41.4 cm³/mol. The van der Waals surface area contributed by atoms with Crippen molar-refractivity contribution in [1.82, 2.24) is 9.97 Å². The molecule has 72 valence electrons. The zero-order chi connectivity index (χ0) is 9.64. The monoisotopic (exact) mass is 188 g/mol. The van der Waals surface area contributed by atoms with Crippen LogP contribution in [0.2, 0.25) is 0 Å². The Morgan fingerprint density at radius 2 is 2.15 bits per heavy atom. The van der Waals surface area contributed by atoms with Crippen LogP contribution in [0.25, 0.3) is 0 Å². The summed E-state index contributed by atoms with van der Waals surface area (Å²) in [5.74, 6) is 0.278. The van der Waals surface area contributed by atoms with Gasteiger partial charge in [0.2, 0.25) is 0 Å². The van der Waals surface area contributed by atoms with Crippen molar-refractivity contribution in [3.05, 3.63) is 17.2 Å². The zero-order valence-corrected chi connectivity index (χ0v) is 7.14. The fraction of sp³-hybridized carbons (Fsp3) is 0.625. The van der Waals surface area contributed by atoms with Gasteiger partial charge in [-0.05, 0) is 19.8 Å². The fourth-order valence-corrected chi connectivity index (χ4v) is 1.26. The molecule has 0 aromatic carbocycles. The number of H-pyrrole nitrogens is 1. The Labute approximate surface area is 73.8 Å². The molecule has 0 spiro atoms. The van der Waals surface area contributed by atoms with Crippen molar-refractivity contribution in [1.29, 1.82) is 0 Å². The van der Waals surface area contributed by atoms with E-state index in [1.165, 1.54) is 6.92 Å². The van der Waals surface area contributed by atoms with Crippen LogP contribution in [0.5, 0.6) is 0 Å². The maximum absolute atomic E-state index is 12.3. The van der Waals surface area contributed by atoms with Crippen LogP contribution in [0.1, 0.15) is 36.5 Å². The Morgan fingerprint density at radius 1 is 1.54 bits per heavy atom. The topological polar surface area (TPSA) is 48.9 Å². The van der Waals surface area contributed by atoms with Gasteiger partial charge in [-0.25, -0.2) is 13.8 Å². The van der Waals surface area contributed by atoms with Gasteiger partial charge in [-0.1, -0.05) is 0 Å². The highest BCUT2D eigenvalue weighted by atomic mass is 19.3. The zero-order valence-electron chi connectivity index (χ0n) is 7.14. The van der Waals surface area contributed by atoms with Gasteiger partial charge in [0.1, 0.15) is 17.1 Å². The van der Waals surface area contributed by atoms with Crippen LogP contribution in [-0.2, 0) is 5.60 Å². The molecule has 5 heteroatoms. The van der Waals surface area contributed by atoms with Crippen molar-refractivity contribution in [2.24, 2.45) is 0 Å². The molecule has 0 atom stereocenters. The van der Waals surface area contributed by atoms with Crippen molar-refractivity contribution in [3.8, 4) is 0 Å². The number of nitrogens with one attached hydrogen (secondary N) is 1. The van der Waals surface area contributed by atoms with Crippen molar-refractivity contribution in [3.63, 3.8) is 0 Å². The molecule has 3 nitrogen and oxygen atoms in total. The average molecular weight is 188 g/mol. The number of alkyl halides is 2.